The number of aryl methyl sites for hydroxylation is 2. The van der Waals surface area contributed by atoms with Crippen LogP contribution < -0.4 is 10.1 Å². The van der Waals surface area contributed by atoms with Crippen LogP contribution in [0.2, 0.25) is 0 Å². The second-order valence-corrected chi connectivity index (χ2v) is 8.88. The molecule has 2 aromatic carbocycles. The summed E-state index contributed by atoms with van der Waals surface area (Å²) < 4.78 is 13.2. The minimum absolute atomic E-state index is 0.0682. The molecule has 1 aromatic heterocycles. The molecule has 1 atom stereocenters. The lowest BCUT2D eigenvalue weighted by Gasteiger charge is -2.15. The predicted octanol–water partition coefficient (Wildman–Crippen LogP) is 4.48. The topological polar surface area (TPSA) is 78.3 Å². The second-order valence-electron chi connectivity index (χ2n) is 7.94. The van der Waals surface area contributed by atoms with E-state index in [1.165, 1.54) is 11.8 Å². The van der Waals surface area contributed by atoms with Crippen molar-refractivity contribution in [1.29, 1.82) is 0 Å². The smallest absolute Gasteiger partial charge is 0.234 e. The Kier molecular flexibility index (Phi) is 7.12. The highest BCUT2D eigenvalue weighted by molar-refractivity contribution is 7.99. The number of nitrogens with one attached hydrogen (secondary N) is 1. The number of methoxy groups -OCH3 is 1. The van der Waals surface area contributed by atoms with Gasteiger partial charge >= 0.3 is 0 Å². The van der Waals surface area contributed by atoms with E-state index in [0.29, 0.717) is 11.7 Å². The highest BCUT2D eigenvalue weighted by atomic mass is 32.2. The van der Waals surface area contributed by atoms with Crippen LogP contribution in [0, 0.1) is 13.8 Å². The van der Waals surface area contributed by atoms with Gasteiger partial charge in [0.2, 0.25) is 5.91 Å². The Bertz CT molecular complexity index is 1080. The number of anilines is 1. The molecule has 1 N–H and O–H groups in total. The van der Waals surface area contributed by atoms with Crippen molar-refractivity contribution >= 4 is 23.4 Å². The largest absolute Gasteiger partial charge is 0.497 e. The molecule has 8 heteroatoms. The molecule has 3 aromatic rings. The molecule has 0 saturated carbocycles. The second kappa shape index (κ2) is 10.2. The number of ether oxygens (including phenoxy) is 2. The molecule has 1 aliphatic rings. The van der Waals surface area contributed by atoms with Crippen molar-refractivity contribution in [2.75, 3.05) is 24.8 Å². The number of hydrogen-bond donors (Lipinski definition) is 1. The lowest BCUT2D eigenvalue weighted by molar-refractivity contribution is -0.113. The summed E-state index contributed by atoms with van der Waals surface area (Å²) in [7, 11) is 1.65. The average molecular weight is 453 g/mol. The van der Waals surface area contributed by atoms with Crippen LogP contribution in [0.3, 0.4) is 0 Å². The van der Waals surface area contributed by atoms with Crippen molar-refractivity contribution in [3.8, 4) is 17.1 Å². The van der Waals surface area contributed by atoms with E-state index in [1.807, 2.05) is 56.3 Å². The fourth-order valence-electron chi connectivity index (χ4n) is 3.69. The van der Waals surface area contributed by atoms with E-state index >= 15 is 0 Å². The molecule has 1 saturated heterocycles. The normalized spacial score (nSPS) is 15.7. The Balaban J connectivity index is 1.51. The molecule has 1 amide bonds. The lowest BCUT2D eigenvalue weighted by Crippen LogP contribution is -2.18. The van der Waals surface area contributed by atoms with Gasteiger partial charge in [-0.15, -0.1) is 10.2 Å². The number of rotatable bonds is 8. The number of nitrogens with zero attached hydrogens (tertiary/aromatic N) is 3. The number of carbonyl (C=O) groups excluding carboxylic acids is 1. The molecular formula is C24H28N4O3S. The number of amides is 1. The minimum Gasteiger partial charge on any atom is -0.497 e. The van der Waals surface area contributed by atoms with Crippen molar-refractivity contribution in [2.45, 2.75) is 44.5 Å². The van der Waals surface area contributed by atoms with Gasteiger partial charge in [-0.1, -0.05) is 23.9 Å². The van der Waals surface area contributed by atoms with E-state index in [1.54, 1.807) is 7.11 Å². The summed E-state index contributed by atoms with van der Waals surface area (Å²) >= 11 is 1.39. The van der Waals surface area contributed by atoms with Crippen molar-refractivity contribution in [1.82, 2.24) is 14.8 Å². The summed E-state index contributed by atoms with van der Waals surface area (Å²) in [6.45, 7) is 5.44. The Labute approximate surface area is 192 Å². The van der Waals surface area contributed by atoms with Gasteiger partial charge in [-0.2, -0.15) is 0 Å². The first-order valence-electron chi connectivity index (χ1n) is 10.7. The van der Waals surface area contributed by atoms with E-state index in [-0.39, 0.29) is 17.8 Å². The fourth-order valence-corrected chi connectivity index (χ4v) is 4.44. The summed E-state index contributed by atoms with van der Waals surface area (Å²) in [5.74, 6) is 1.73. The van der Waals surface area contributed by atoms with E-state index in [2.05, 4.69) is 20.1 Å². The molecule has 7 nitrogen and oxygen atoms in total. The summed E-state index contributed by atoms with van der Waals surface area (Å²) in [6.07, 6.45) is 2.20. The van der Waals surface area contributed by atoms with Crippen molar-refractivity contribution in [2.24, 2.45) is 0 Å². The maximum Gasteiger partial charge on any atom is 0.234 e. The maximum atomic E-state index is 12.6. The number of benzene rings is 2. The average Bonchev–Trinajstić information content (AvgIpc) is 3.45. The van der Waals surface area contributed by atoms with Gasteiger partial charge in [-0.25, -0.2) is 0 Å². The first-order valence-corrected chi connectivity index (χ1v) is 11.7. The van der Waals surface area contributed by atoms with Crippen LogP contribution in [-0.4, -0.2) is 46.2 Å². The van der Waals surface area contributed by atoms with E-state index in [0.717, 1.165) is 53.4 Å². The highest BCUT2D eigenvalue weighted by Gasteiger charge is 2.22. The highest BCUT2D eigenvalue weighted by Crippen LogP contribution is 2.28. The van der Waals surface area contributed by atoms with Crippen LogP contribution in [0.4, 0.5) is 5.69 Å². The molecule has 0 bridgehead atoms. The summed E-state index contributed by atoms with van der Waals surface area (Å²) in [5.41, 5.74) is 3.94. The number of carbonyl (C=O) groups is 1. The lowest BCUT2D eigenvalue weighted by atomic mass is 10.1. The van der Waals surface area contributed by atoms with Gasteiger partial charge in [0.1, 0.15) is 5.75 Å². The number of thioether (sulfide) groups is 1. The Morgan fingerprint density at radius 1 is 1.22 bits per heavy atom. The van der Waals surface area contributed by atoms with Gasteiger partial charge in [0, 0.05) is 17.9 Å². The molecule has 32 heavy (non-hydrogen) atoms. The van der Waals surface area contributed by atoms with Crippen LogP contribution in [0.1, 0.15) is 24.0 Å². The molecule has 1 fully saturated rings. The zero-order valence-electron chi connectivity index (χ0n) is 18.6. The molecule has 0 aliphatic carbocycles. The number of hydrogen-bond acceptors (Lipinski definition) is 6. The van der Waals surface area contributed by atoms with E-state index in [4.69, 9.17) is 9.47 Å². The minimum atomic E-state index is -0.0682. The van der Waals surface area contributed by atoms with Crippen molar-refractivity contribution in [3.05, 3.63) is 53.6 Å². The fraction of sp³-hybridized carbons (Fsp3) is 0.375. The molecule has 2 heterocycles. The Morgan fingerprint density at radius 3 is 2.75 bits per heavy atom. The Morgan fingerprint density at radius 2 is 2.03 bits per heavy atom. The van der Waals surface area contributed by atoms with Gasteiger partial charge in [-0.3, -0.25) is 9.36 Å². The van der Waals surface area contributed by atoms with E-state index < -0.39 is 0 Å². The summed E-state index contributed by atoms with van der Waals surface area (Å²) in [5, 5.41) is 12.6. The van der Waals surface area contributed by atoms with Crippen molar-refractivity contribution < 1.29 is 14.3 Å². The van der Waals surface area contributed by atoms with Crippen molar-refractivity contribution in [3.63, 3.8) is 0 Å². The van der Waals surface area contributed by atoms with Crippen LogP contribution in [-0.2, 0) is 16.1 Å². The van der Waals surface area contributed by atoms with Gasteiger partial charge < -0.3 is 14.8 Å². The standard InChI is InChI=1S/C24H28N4O3S/c1-16-6-7-17(2)21(13-16)25-22(29)15-32-24-27-26-23(18-8-10-19(30-3)11-9-18)28(24)14-20-5-4-12-31-20/h6-11,13,20H,4-5,12,14-15H2,1-3H3,(H,25,29). The molecule has 1 unspecified atom stereocenters. The Hall–Kier alpha value is -2.84. The maximum absolute atomic E-state index is 12.6. The van der Waals surface area contributed by atoms with Gasteiger partial charge in [0.05, 0.1) is 25.5 Å². The zero-order valence-corrected chi connectivity index (χ0v) is 19.4. The number of aromatic nitrogens is 3. The zero-order chi connectivity index (χ0) is 22.5. The molecule has 0 spiro atoms. The third-order valence-corrected chi connectivity index (χ3v) is 6.44. The monoisotopic (exact) mass is 452 g/mol. The molecule has 4 rings (SSSR count). The first kappa shape index (κ1) is 22.4. The molecule has 168 valence electrons. The SMILES string of the molecule is COc1ccc(-c2nnc(SCC(=O)Nc3cc(C)ccc3C)n2CC2CCCO2)cc1. The molecule has 1 aliphatic heterocycles. The van der Waals surface area contributed by atoms with Crippen LogP contribution in [0.15, 0.2) is 47.6 Å². The van der Waals surface area contributed by atoms with Crippen LogP contribution in [0.25, 0.3) is 11.4 Å². The molecular weight excluding hydrogens is 424 g/mol. The van der Waals surface area contributed by atoms with Gasteiger partial charge in [0.25, 0.3) is 0 Å². The molecule has 0 radical (unpaired) electrons. The quantitative estimate of drug-likeness (QED) is 0.508. The first-order chi connectivity index (χ1) is 15.5. The van der Waals surface area contributed by atoms with Crippen LogP contribution in [0.5, 0.6) is 5.75 Å². The van der Waals surface area contributed by atoms with Crippen LogP contribution >= 0.6 is 11.8 Å². The summed E-state index contributed by atoms with van der Waals surface area (Å²) in [4.78, 5) is 12.6. The third-order valence-electron chi connectivity index (χ3n) is 5.47. The van der Waals surface area contributed by atoms with E-state index in [9.17, 15) is 4.79 Å². The summed E-state index contributed by atoms with van der Waals surface area (Å²) in [6, 6.07) is 13.8. The van der Waals surface area contributed by atoms with Gasteiger partial charge in [-0.05, 0) is 68.1 Å². The van der Waals surface area contributed by atoms with Gasteiger partial charge in [0.15, 0.2) is 11.0 Å². The predicted molar refractivity (Wildman–Crippen MR) is 126 cm³/mol. The third kappa shape index (κ3) is 5.31.